The van der Waals surface area contributed by atoms with Crippen LogP contribution in [0.1, 0.15) is 50.5 Å². The maximum atomic E-state index is 12.6. The van der Waals surface area contributed by atoms with Crippen molar-refractivity contribution < 1.29 is 19.2 Å². The predicted octanol–water partition coefficient (Wildman–Crippen LogP) is 3.26. The molecule has 2 rings (SSSR count). The molecule has 7 heteroatoms. The average Bonchev–Trinajstić information content (AvgIpc) is 2.40. The quantitative estimate of drug-likeness (QED) is 0.585. The van der Waals surface area contributed by atoms with E-state index < -0.39 is 27.9 Å². The van der Waals surface area contributed by atoms with Crippen LogP contribution in [0.15, 0.2) is 18.2 Å². The van der Waals surface area contributed by atoms with Gasteiger partial charge >= 0.3 is 6.09 Å². The predicted molar refractivity (Wildman–Crippen MR) is 83.4 cm³/mol. The first-order chi connectivity index (χ1) is 10.4. The highest BCUT2D eigenvalue weighted by molar-refractivity contribution is 6.05. The van der Waals surface area contributed by atoms with Crippen molar-refractivity contribution in [2.24, 2.45) is 0 Å². The van der Waals surface area contributed by atoms with Gasteiger partial charge < -0.3 is 4.74 Å². The van der Waals surface area contributed by atoms with Crippen molar-refractivity contribution in [3.63, 3.8) is 0 Å². The highest BCUT2D eigenvalue weighted by Crippen LogP contribution is 2.36. The normalized spacial score (nSPS) is 16.7. The second kappa shape index (κ2) is 5.33. The summed E-state index contributed by atoms with van der Waals surface area (Å²) >= 11 is 0. The number of non-ortho nitro benzene ring substituents is 1. The molecule has 124 valence electrons. The molecule has 0 N–H and O–H groups in total. The van der Waals surface area contributed by atoms with Crippen molar-refractivity contribution in [2.45, 2.75) is 45.6 Å². The fraction of sp³-hybridized carbons (Fsp3) is 0.500. The number of imide groups is 1. The third-order valence-electron chi connectivity index (χ3n) is 3.59. The van der Waals surface area contributed by atoms with Crippen LogP contribution < -0.4 is 0 Å². The number of rotatable bonds is 1. The number of fused-ring (bicyclic) bond motifs is 1. The van der Waals surface area contributed by atoms with Crippen LogP contribution in [-0.4, -0.2) is 34.0 Å². The number of nitrogens with zero attached hydrogens (tertiary/aromatic N) is 2. The summed E-state index contributed by atoms with van der Waals surface area (Å²) in [6, 6.07) is 4.07. The van der Waals surface area contributed by atoms with Gasteiger partial charge in [0, 0.05) is 29.7 Å². The van der Waals surface area contributed by atoms with Gasteiger partial charge in [0.2, 0.25) is 0 Å². The molecule has 0 spiro atoms. The van der Waals surface area contributed by atoms with Crippen LogP contribution in [0.25, 0.3) is 0 Å². The average molecular weight is 320 g/mol. The number of benzene rings is 1. The molecule has 1 aliphatic heterocycles. The molecule has 0 saturated heterocycles. The first-order valence-corrected chi connectivity index (χ1v) is 7.26. The fourth-order valence-corrected chi connectivity index (χ4v) is 2.55. The van der Waals surface area contributed by atoms with Crippen LogP contribution in [0.3, 0.4) is 0 Å². The highest BCUT2D eigenvalue weighted by Gasteiger charge is 2.41. The number of carbonyl (C=O) groups excluding carboxylic acids is 2. The molecule has 0 unspecified atom stereocenters. The number of amides is 2. The lowest BCUT2D eigenvalue weighted by Crippen LogP contribution is -2.51. The Hall–Kier alpha value is -2.44. The standard InChI is InChI=1S/C16H20N2O5/c1-15(2,3)23-14(20)17-9-16(4,5)12-8-10(18(21)22)6-7-11(12)13(17)19/h6-8H,9H2,1-5H3. The first-order valence-electron chi connectivity index (χ1n) is 7.26. The van der Waals surface area contributed by atoms with Crippen LogP contribution in [0, 0.1) is 10.1 Å². The van der Waals surface area contributed by atoms with E-state index in [9.17, 15) is 19.7 Å². The second-order valence-corrected chi connectivity index (χ2v) is 7.24. The number of ether oxygens (including phenoxy) is 1. The third kappa shape index (κ3) is 3.33. The van der Waals surface area contributed by atoms with Gasteiger partial charge in [-0.25, -0.2) is 9.69 Å². The summed E-state index contributed by atoms with van der Waals surface area (Å²) in [5, 5.41) is 10.9. The molecule has 0 atom stereocenters. The van der Waals surface area contributed by atoms with Crippen LogP contribution in [0.4, 0.5) is 10.5 Å². The lowest BCUT2D eigenvalue weighted by molar-refractivity contribution is -0.385. The Morgan fingerprint density at radius 3 is 2.48 bits per heavy atom. The largest absolute Gasteiger partial charge is 0.443 e. The fourth-order valence-electron chi connectivity index (χ4n) is 2.55. The maximum Gasteiger partial charge on any atom is 0.417 e. The minimum Gasteiger partial charge on any atom is -0.443 e. The Morgan fingerprint density at radius 2 is 1.96 bits per heavy atom. The van der Waals surface area contributed by atoms with Crippen molar-refractivity contribution in [1.29, 1.82) is 0 Å². The molecule has 0 fully saturated rings. The van der Waals surface area contributed by atoms with E-state index in [0.717, 1.165) is 4.90 Å². The molecule has 0 aliphatic carbocycles. The Bertz CT molecular complexity index is 688. The molecule has 0 bridgehead atoms. The van der Waals surface area contributed by atoms with Gasteiger partial charge in [0.05, 0.1) is 4.92 Å². The number of hydrogen-bond donors (Lipinski definition) is 0. The molecular formula is C16H20N2O5. The minimum absolute atomic E-state index is 0.0738. The van der Waals surface area contributed by atoms with Gasteiger partial charge in [-0.2, -0.15) is 0 Å². The van der Waals surface area contributed by atoms with E-state index in [1.807, 2.05) is 13.8 Å². The molecule has 2 amide bonds. The Balaban J connectivity index is 2.44. The molecule has 1 heterocycles. The van der Waals surface area contributed by atoms with E-state index in [1.54, 1.807) is 20.8 Å². The molecule has 0 saturated carbocycles. The van der Waals surface area contributed by atoms with Crippen molar-refractivity contribution in [3.8, 4) is 0 Å². The summed E-state index contributed by atoms with van der Waals surface area (Å²) in [6.07, 6.45) is -0.709. The van der Waals surface area contributed by atoms with E-state index in [0.29, 0.717) is 5.56 Å². The van der Waals surface area contributed by atoms with Crippen LogP contribution in [-0.2, 0) is 10.2 Å². The van der Waals surface area contributed by atoms with Gasteiger partial charge in [-0.3, -0.25) is 14.9 Å². The Labute approximate surface area is 134 Å². The summed E-state index contributed by atoms with van der Waals surface area (Å²) < 4.78 is 5.28. The van der Waals surface area contributed by atoms with Crippen molar-refractivity contribution >= 4 is 17.7 Å². The summed E-state index contributed by atoms with van der Waals surface area (Å²) in [4.78, 5) is 36.3. The van der Waals surface area contributed by atoms with Gasteiger partial charge in [-0.15, -0.1) is 0 Å². The zero-order chi connectivity index (χ0) is 17.6. The van der Waals surface area contributed by atoms with E-state index >= 15 is 0 Å². The van der Waals surface area contributed by atoms with Crippen LogP contribution >= 0.6 is 0 Å². The summed E-state index contributed by atoms with van der Waals surface area (Å²) in [5.74, 6) is -0.497. The number of hydrogen-bond acceptors (Lipinski definition) is 5. The van der Waals surface area contributed by atoms with E-state index in [2.05, 4.69) is 0 Å². The highest BCUT2D eigenvalue weighted by atomic mass is 16.6. The van der Waals surface area contributed by atoms with Gasteiger partial charge in [0.15, 0.2) is 0 Å². The van der Waals surface area contributed by atoms with E-state index in [1.165, 1.54) is 18.2 Å². The summed E-state index contributed by atoms with van der Waals surface area (Å²) in [6.45, 7) is 8.94. The molecule has 23 heavy (non-hydrogen) atoms. The zero-order valence-corrected chi connectivity index (χ0v) is 13.9. The SMILES string of the molecule is CC(C)(C)OC(=O)N1CC(C)(C)c2cc([N+](=O)[O-])ccc2C1=O. The monoisotopic (exact) mass is 320 g/mol. The van der Waals surface area contributed by atoms with E-state index in [-0.39, 0.29) is 17.8 Å². The molecule has 1 aliphatic rings. The van der Waals surface area contributed by atoms with Crippen molar-refractivity contribution in [2.75, 3.05) is 6.54 Å². The topological polar surface area (TPSA) is 89.8 Å². The van der Waals surface area contributed by atoms with Gasteiger partial charge in [0.25, 0.3) is 11.6 Å². The second-order valence-electron chi connectivity index (χ2n) is 7.24. The van der Waals surface area contributed by atoms with Crippen molar-refractivity contribution in [3.05, 3.63) is 39.4 Å². The van der Waals surface area contributed by atoms with Crippen molar-refractivity contribution in [1.82, 2.24) is 4.90 Å². The number of nitro groups is 1. The van der Waals surface area contributed by atoms with Gasteiger partial charge in [0.1, 0.15) is 5.60 Å². The maximum absolute atomic E-state index is 12.6. The van der Waals surface area contributed by atoms with Crippen LogP contribution in [0.5, 0.6) is 0 Å². The first kappa shape index (κ1) is 16.9. The number of nitro benzene ring substituents is 1. The lowest BCUT2D eigenvalue weighted by Gasteiger charge is -2.38. The molecule has 0 radical (unpaired) electrons. The van der Waals surface area contributed by atoms with Gasteiger partial charge in [-0.05, 0) is 32.4 Å². The molecular weight excluding hydrogens is 300 g/mol. The molecule has 1 aromatic carbocycles. The molecule has 1 aromatic rings. The molecule has 0 aromatic heterocycles. The molecule has 7 nitrogen and oxygen atoms in total. The van der Waals surface area contributed by atoms with Gasteiger partial charge in [-0.1, -0.05) is 13.8 Å². The smallest absolute Gasteiger partial charge is 0.417 e. The minimum atomic E-state index is -0.711. The Morgan fingerprint density at radius 1 is 1.35 bits per heavy atom. The number of carbonyl (C=O) groups is 2. The summed E-state index contributed by atoms with van der Waals surface area (Å²) in [7, 11) is 0. The Kier molecular flexibility index (Phi) is 3.92. The van der Waals surface area contributed by atoms with E-state index in [4.69, 9.17) is 4.74 Å². The summed E-state index contributed by atoms with van der Waals surface area (Å²) in [5.41, 5.74) is -0.534. The zero-order valence-electron chi connectivity index (χ0n) is 13.9. The third-order valence-corrected chi connectivity index (χ3v) is 3.59. The van der Waals surface area contributed by atoms with Crippen LogP contribution in [0.2, 0.25) is 0 Å². The lowest BCUT2D eigenvalue weighted by atomic mass is 9.78.